The van der Waals surface area contributed by atoms with Gasteiger partial charge in [-0.25, -0.2) is 4.39 Å². The van der Waals surface area contributed by atoms with Crippen LogP contribution in [0.3, 0.4) is 0 Å². The fraction of sp³-hybridized carbons (Fsp3) is 0.571. The van der Waals surface area contributed by atoms with Crippen LogP contribution in [-0.4, -0.2) is 31.8 Å². The molecule has 0 saturated carbocycles. The topological polar surface area (TPSA) is 38.5 Å². The summed E-state index contributed by atoms with van der Waals surface area (Å²) in [5.74, 6) is -0.197. The van der Waals surface area contributed by atoms with E-state index in [1.54, 1.807) is 6.07 Å². The Bertz CT molecular complexity index is 391. The van der Waals surface area contributed by atoms with Crippen LogP contribution in [0, 0.1) is 5.82 Å². The standard InChI is InChI=1S/C14H21FN2O/c1-2-17(13-7-4-3-6-12(13)15)14(10-16)8-5-9-18-11-14/h3-4,6-7H,2,5,8-11,16H2,1H3. The third-order valence-corrected chi connectivity index (χ3v) is 3.71. The molecule has 4 heteroatoms. The first-order valence-electron chi connectivity index (χ1n) is 6.53. The average molecular weight is 252 g/mol. The van der Waals surface area contributed by atoms with E-state index in [4.69, 9.17) is 10.5 Å². The van der Waals surface area contributed by atoms with Crippen LogP contribution in [0.1, 0.15) is 19.8 Å². The number of hydrogen-bond donors (Lipinski definition) is 1. The van der Waals surface area contributed by atoms with E-state index in [9.17, 15) is 4.39 Å². The third kappa shape index (κ3) is 2.35. The van der Waals surface area contributed by atoms with Crippen LogP contribution in [0.2, 0.25) is 0 Å². The van der Waals surface area contributed by atoms with E-state index in [2.05, 4.69) is 4.90 Å². The van der Waals surface area contributed by atoms with Crippen molar-refractivity contribution in [3.8, 4) is 0 Å². The lowest BCUT2D eigenvalue weighted by Crippen LogP contribution is -2.59. The highest BCUT2D eigenvalue weighted by Crippen LogP contribution is 2.31. The Morgan fingerprint density at radius 2 is 2.22 bits per heavy atom. The zero-order chi connectivity index (χ0) is 13.0. The molecule has 1 atom stereocenters. The third-order valence-electron chi connectivity index (χ3n) is 3.71. The SMILES string of the molecule is CCN(c1ccccc1F)C1(CN)CCCOC1. The number of likely N-dealkylation sites (N-methyl/N-ethyl adjacent to an activating group) is 1. The van der Waals surface area contributed by atoms with Gasteiger partial charge < -0.3 is 15.4 Å². The summed E-state index contributed by atoms with van der Waals surface area (Å²) in [4.78, 5) is 2.06. The highest BCUT2D eigenvalue weighted by Gasteiger charge is 2.38. The van der Waals surface area contributed by atoms with Gasteiger partial charge in [-0.1, -0.05) is 12.1 Å². The van der Waals surface area contributed by atoms with Gasteiger partial charge in [0.2, 0.25) is 0 Å². The van der Waals surface area contributed by atoms with Crippen molar-refractivity contribution in [1.82, 2.24) is 0 Å². The lowest BCUT2D eigenvalue weighted by Gasteiger charge is -2.46. The molecule has 1 fully saturated rings. The zero-order valence-corrected chi connectivity index (χ0v) is 10.9. The molecule has 100 valence electrons. The molecule has 1 heterocycles. The van der Waals surface area contributed by atoms with Crippen molar-refractivity contribution >= 4 is 5.69 Å². The second kappa shape index (κ2) is 5.67. The number of rotatable bonds is 4. The van der Waals surface area contributed by atoms with Crippen LogP contribution in [0.25, 0.3) is 0 Å². The van der Waals surface area contributed by atoms with Crippen LogP contribution < -0.4 is 10.6 Å². The van der Waals surface area contributed by atoms with Crippen LogP contribution >= 0.6 is 0 Å². The molecule has 2 N–H and O–H groups in total. The summed E-state index contributed by atoms with van der Waals surface area (Å²) in [5, 5.41) is 0. The van der Waals surface area contributed by atoms with Gasteiger partial charge in [0.25, 0.3) is 0 Å². The van der Waals surface area contributed by atoms with Crippen LogP contribution in [-0.2, 0) is 4.74 Å². The first-order chi connectivity index (χ1) is 8.73. The van der Waals surface area contributed by atoms with Crippen LogP contribution in [0.5, 0.6) is 0 Å². The molecule has 1 aromatic carbocycles. The van der Waals surface area contributed by atoms with Gasteiger partial charge in [0, 0.05) is 19.7 Å². The first kappa shape index (κ1) is 13.3. The number of ether oxygens (including phenoxy) is 1. The van der Waals surface area contributed by atoms with E-state index in [0.29, 0.717) is 18.8 Å². The maximum atomic E-state index is 14.0. The molecule has 18 heavy (non-hydrogen) atoms. The maximum absolute atomic E-state index is 14.0. The monoisotopic (exact) mass is 252 g/mol. The van der Waals surface area contributed by atoms with E-state index >= 15 is 0 Å². The van der Waals surface area contributed by atoms with E-state index in [1.165, 1.54) is 6.07 Å². The summed E-state index contributed by atoms with van der Waals surface area (Å²) in [5.41, 5.74) is 6.31. The molecular weight excluding hydrogens is 231 g/mol. The summed E-state index contributed by atoms with van der Waals surface area (Å²) < 4.78 is 19.5. The van der Waals surface area contributed by atoms with Gasteiger partial charge in [-0.2, -0.15) is 0 Å². The molecule has 1 unspecified atom stereocenters. The molecule has 0 bridgehead atoms. The largest absolute Gasteiger partial charge is 0.379 e. The molecule has 1 aliphatic rings. The Balaban J connectivity index is 2.34. The number of halogens is 1. The molecule has 0 aromatic heterocycles. The fourth-order valence-electron chi connectivity index (χ4n) is 2.75. The normalized spacial score (nSPS) is 23.9. The lowest BCUT2D eigenvalue weighted by molar-refractivity contribution is 0.0376. The quantitative estimate of drug-likeness (QED) is 0.892. The minimum absolute atomic E-state index is 0.197. The molecule has 1 aromatic rings. The second-order valence-electron chi connectivity index (χ2n) is 4.78. The minimum atomic E-state index is -0.269. The molecule has 1 aliphatic heterocycles. The Morgan fingerprint density at radius 1 is 1.44 bits per heavy atom. The fourth-order valence-corrected chi connectivity index (χ4v) is 2.75. The maximum Gasteiger partial charge on any atom is 0.146 e. The Labute approximate surface area is 108 Å². The molecule has 0 amide bonds. The number of anilines is 1. The second-order valence-corrected chi connectivity index (χ2v) is 4.78. The zero-order valence-electron chi connectivity index (χ0n) is 10.9. The molecule has 0 spiro atoms. The van der Waals surface area contributed by atoms with Gasteiger partial charge in [0.15, 0.2) is 0 Å². The van der Waals surface area contributed by atoms with E-state index < -0.39 is 0 Å². The highest BCUT2D eigenvalue weighted by atomic mass is 19.1. The molecule has 1 saturated heterocycles. The predicted octanol–water partition coefficient (Wildman–Crippen LogP) is 2.16. The van der Waals surface area contributed by atoms with Gasteiger partial charge in [-0.15, -0.1) is 0 Å². The smallest absolute Gasteiger partial charge is 0.146 e. The van der Waals surface area contributed by atoms with Crippen molar-refractivity contribution in [3.63, 3.8) is 0 Å². The molecule has 0 radical (unpaired) electrons. The molecular formula is C14H21FN2O. The predicted molar refractivity (Wildman–Crippen MR) is 71.3 cm³/mol. The number of nitrogens with zero attached hydrogens (tertiary/aromatic N) is 1. The summed E-state index contributed by atoms with van der Waals surface area (Å²) in [7, 11) is 0. The van der Waals surface area contributed by atoms with E-state index in [1.807, 2.05) is 19.1 Å². The first-order valence-corrected chi connectivity index (χ1v) is 6.53. The van der Waals surface area contributed by atoms with Crippen molar-refractivity contribution in [2.45, 2.75) is 25.3 Å². The van der Waals surface area contributed by atoms with Gasteiger partial charge in [-0.05, 0) is 31.9 Å². The van der Waals surface area contributed by atoms with Crippen molar-refractivity contribution in [3.05, 3.63) is 30.1 Å². The molecule has 0 aliphatic carbocycles. The van der Waals surface area contributed by atoms with Crippen molar-refractivity contribution in [2.24, 2.45) is 5.73 Å². The Hall–Kier alpha value is -1.13. The number of para-hydroxylation sites is 1. The van der Waals surface area contributed by atoms with Gasteiger partial charge >= 0.3 is 0 Å². The Kier molecular flexibility index (Phi) is 4.19. The minimum Gasteiger partial charge on any atom is -0.379 e. The van der Waals surface area contributed by atoms with Crippen molar-refractivity contribution in [1.29, 1.82) is 0 Å². The lowest BCUT2D eigenvalue weighted by atomic mass is 9.89. The van der Waals surface area contributed by atoms with E-state index in [0.717, 1.165) is 26.0 Å². The molecule has 2 rings (SSSR count). The van der Waals surface area contributed by atoms with Gasteiger partial charge in [0.1, 0.15) is 5.82 Å². The Morgan fingerprint density at radius 3 is 2.78 bits per heavy atom. The average Bonchev–Trinajstić information content (AvgIpc) is 2.43. The number of nitrogens with two attached hydrogens (primary N) is 1. The number of benzene rings is 1. The van der Waals surface area contributed by atoms with Crippen molar-refractivity contribution < 1.29 is 9.13 Å². The number of hydrogen-bond acceptors (Lipinski definition) is 3. The summed E-state index contributed by atoms with van der Waals surface area (Å²) in [6, 6.07) is 6.87. The summed E-state index contributed by atoms with van der Waals surface area (Å²) in [6.45, 7) is 4.58. The van der Waals surface area contributed by atoms with Gasteiger partial charge in [-0.3, -0.25) is 0 Å². The summed E-state index contributed by atoms with van der Waals surface area (Å²) in [6.07, 6.45) is 1.92. The molecule has 3 nitrogen and oxygen atoms in total. The van der Waals surface area contributed by atoms with Crippen LogP contribution in [0.4, 0.5) is 10.1 Å². The van der Waals surface area contributed by atoms with Crippen molar-refractivity contribution in [2.75, 3.05) is 31.2 Å². The van der Waals surface area contributed by atoms with Gasteiger partial charge in [0.05, 0.1) is 17.8 Å². The van der Waals surface area contributed by atoms with Crippen LogP contribution in [0.15, 0.2) is 24.3 Å². The highest BCUT2D eigenvalue weighted by molar-refractivity contribution is 5.50. The van der Waals surface area contributed by atoms with E-state index in [-0.39, 0.29) is 11.4 Å². The summed E-state index contributed by atoms with van der Waals surface area (Å²) >= 11 is 0.